The summed E-state index contributed by atoms with van der Waals surface area (Å²) in [7, 11) is -3.64. The van der Waals surface area contributed by atoms with Crippen molar-refractivity contribution in [2.45, 2.75) is 17.9 Å². The van der Waals surface area contributed by atoms with Crippen molar-refractivity contribution in [1.82, 2.24) is 14.3 Å². The molecule has 8 heteroatoms. The number of rotatable bonds is 6. The topological polar surface area (TPSA) is 64.0 Å². The van der Waals surface area contributed by atoms with Gasteiger partial charge in [0.15, 0.2) is 0 Å². The molecule has 0 unspecified atom stereocenters. The number of nitrogens with one attached hydrogen (secondary N) is 1. The Kier molecular flexibility index (Phi) is 4.90. The van der Waals surface area contributed by atoms with Crippen LogP contribution in [-0.4, -0.2) is 24.5 Å². The van der Waals surface area contributed by atoms with Gasteiger partial charge >= 0.3 is 0 Å². The summed E-state index contributed by atoms with van der Waals surface area (Å²) in [4.78, 5) is 3.93. The van der Waals surface area contributed by atoms with Crippen LogP contribution in [0.15, 0.2) is 46.3 Å². The van der Waals surface area contributed by atoms with Crippen molar-refractivity contribution in [2.75, 3.05) is 6.54 Å². The summed E-state index contributed by atoms with van der Waals surface area (Å²) < 4.78 is 41.6. The second-order valence-electron chi connectivity index (χ2n) is 4.13. The van der Waals surface area contributed by atoms with Gasteiger partial charge in [0.25, 0.3) is 0 Å². The van der Waals surface area contributed by atoms with E-state index in [-0.39, 0.29) is 9.37 Å². The van der Waals surface area contributed by atoms with E-state index >= 15 is 0 Å². The number of aryl methyl sites for hydroxylation is 1. The molecule has 1 aromatic carbocycles. The van der Waals surface area contributed by atoms with E-state index in [0.717, 1.165) is 12.1 Å². The normalized spacial score (nSPS) is 11.7. The van der Waals surface area contributed by atoms with Crippen molar-refractivity contribution in [3.05, 3.63) is 47.2 Å². The monoisotopic (exact) mass is 361 g/mol. The maximum atomic E-state index is 12.9. The summed E-state index contributed by atoms with van der Waals surface area (Å²) in [6.07, 6.45) is 5.78. The molecule has 108 valence electrons. The number of benzene rings is 1. The average molecular weight is 362 g/mol. The number of nitrogens with zero attached hydrogens (tertiary/aromatic N) is 2. The standard InChI is InChI=1S/C12H13BrFN3O2S/c13-11-8-10(14)2-3-12(11)20(18,19)16-4-1-6-17-7-5-15-9-17/h2-3,5,7-9,16H,1,4,6H2. The zero-order valence-corrected chi connectivity index (χ0v) is 12.9. The summed E-state index contributed by atoms with van der Waals surface area (Å²) in [5.74, 6) is -0.490. The maximum Gasteiger partial charge on any atom is 0.241 e. The lowest BCUT2D eigenvalue weighted by molar-refractivity contribution is 0.568. The van der Waals surface area contributed by atoms with E-state index < -0.39 is 15.8 Å². The van der Waals surface area contributed by atoms with E-state index in [1.165, 1.54) is 6.07 Å². The predicted molar refractivity (Wildman–Crippen MR) is 76.1 cm³/mol. The van der Waals surface area contributed by atoms with Crippen LogP contribution in [0.1, 0.15) is 6.42 Å². The van der Waals surface area contributed by atoms with E-state index in [9.17, 15) is 12.8 Å². The van der Waals surface area contributed by atoms with Crippen LogP contribution in [0.4, 0.5) is 4.39 Å². The number of sulfonamides is 1. The van der Waals surface area contributed by atoms with Gasteiger partial charge < -0.3 is 4.57 Å². The molecule has 0 aliphatic rings. The lowest BCUT2D eigenvalue weighted by atomic mass is 10.3. The van der Waals surface area contributed by atoms with Crippen LogP contribution in [-0.2, 0) is 16.6 Å². The molecule has 0 amide bonds. The Morgan fingerprint density at radius 1 is 1.40 bits per heavy atom. The Morgan fingerprint density at radius 2 is 2.20 bits per heavy atom. The predicted octanol–water partition coefficient (Wildman–Crippen LogP) is 2.15. The van der Waals surface area contributed by atoms with Gasteiger partial charge in [0.05, 0.1) is 11.2 Å². The lowest BCUT2D eigenvalue weighted by Gasteiger charge is -2.08. The molecule has 2 rings (SSSR count). The van der Waals surface area contributed by atoms with Crippen LogP contribution in [0.2, 0.25) is 0 Å². The molecular formula is C12H13BrFN3O2S. The van der Waals surface area contributed by atoms with E-state index in [0.29, 0.717) is 19.5 Å². The average Bonchev–Trinajstić information content (AvgIpc) is 2.87. The van der Waals surface area contributed by atoms with Crippen LogP contribution in [0.5, 0.6) is 0 Å². The summed E-state index contributed by atoms with van der Waals surface area (Å²) in [6.45, 7) is 0.970. The Balaban J connectivity index is 1.93. The third-order valence-corrected chi connectivity index (χ3v) is 5.07. The minimum Gasteiger partial charge on any atom is -0.337 e. The highest BCUT2D eigenvalue weighted by atomic mass is 79.9. The number of hydrogen-bond acceptors (Lipinski definition) is 3. The molecule has 0 aliphatic heterocycles. The minimum atomic E-state index is -3.64. The molecule has 5 nitrogen and oxygen atoms in total. The second-order valence-corrected chi connectivity index (χ2v) is 6.72. The van der Waals surface area contributed by atoms with Crippen LogP contribution in [0.3, 0.4) is 0 Å². The van der Waals surface area contributed by atoms with Crippen LogP contribution in [0, 0.1) is 5.82 Å². The summed E-state index contributed by atoms with van der Waals surface area (Å²) in [5.41, 5.74) is 0. The molecule has 0 atom stereocenters. The van der Waals surface area contributed by atoms with Gasteiger partial charge in [-0.2, -0.15) is 0 Å². The van der Waals surface area contributed by atoms with Crippen LogP contribution >= 0.6 is 15.9 Å². The van der Waals surface area contributed by atoms with Crippen molar-refractivity contribution in [1.29, 1.82) is 0 Å². The number of halogens is 2. The van der Waals surface area contributed by atoms with Crippen LogP contribution < -0.4 is 4.72 Å². The van der Waals surface area contributed by atoms with Gasteiger partial charge in [-0.1, -0.05) is 0 Å². The first-order valence-corrected chi connectivity index (χ1v) is 8.17. The smallest absolute Gasteiger partial charge is 0.241 e. The molecule has 0 aliphatic carbocycles. The highest BCUT2D eigenvalue weighted by Gasteiger charge is 2.17. The van der Waals surface area contributed by atoms with Crippen molar-refractivity contribution in [3.63, 3.8) is 0 Å². The summed E-state index contributed by atoms with van der Waals surface area (Å²) >= 11 is 3.05. The number of imidazole rings is 1. The molecule has 0 radical (unpaired) electrons. The number of aromatic nitrogens is 2. The van der Waals surface area contributed by atoms with Gasteiger partial charge in [-0.3, -0.25) is 0 Å². The minimum absolute atomic E-state index is 0.0292. The van der Waals surface area contributed by atoms with Crippen molar-refractivity contribution < 1.29 is 12.8 Å². The highest BCUT2D eigenvalue weighted by Crippen LogP contribution is 2.22. The molecule has 20 heavy (non-hydrogen) atoms. The van der Waals surface area contributed by atoms with Gasteiger partial charge in [0, 0.05) is 30.0 Å². The molecule has 0 saturated carbocycles. The molecular weight excluding hydrogens is 349 g/mol. The van der Waals surface area contributed by atoms with Gasteiger partial charge in [-0.05, 0) is 40.5 Å². The largest absolute Gasteiger partial charge is 0.337 e. The SMILES string of the molecule is O=S(=O)(NCCCn1ccnc1)c1ccc(F)cc1Br. The summed E-state index contributed by atoms with van der Waals surface area (Å²) in [6, 6.07) is 3.47. The van der Waals surface area contributed by atoms with Crippen molar-refractivity contribution >= 4 is 26.0 Å². The first-order chi connectivity index (χ1) is 9.49. The Morgan fingerprint density at radius 3 is 2.85 bits per heavy atom. The fourth-order valence-corrected chi connectivity index (χ4v) is 3.78. The number of hydrogen-bond donors (Lipinski definition) is 1. The first kappa shape index (κ1) is 15.1. The van der Waals surface area contributed by atoms with Gasteiger partial charge in [-0.25, -0.2) is 22.5 Å². The Labute approximate surface area is 125 Å². The fraction of sp³-hybridized carbons (Fsp3) is 0.250. The maximum absolute atomic E-state index is 12.9. The Hall–Kier alpha value is -1.25. The third-order valence-electron chi connectivity index (χ3n) is 2.63. The highest BCUT2D eigenvalue weighted by molar-refractivity contribution is 9.10. The lowest BCUT2D eigenvalue weighted by Crippen LogP contribution is -2.25. The van der Waals surface area contributed by atoms with Crippen LogP contribution in [0.25, 0.3) is 0 Å². The molecule has 0 saturated heterocycles. The molecule has 0 bridgehead atoms. The molecule has 0 fully saturated rings. The molecule has 1 N–H and O–H groups in total. The van der Waals surface area contributed by atoms with E-state index in [4.69, 9.17) is 0 Å². The molecule has 1 heterocycles. The zero-order chi connectivity index (χ0) is 14.6. The third kappa shape index (κ3) is 3.87. The molecule has 0 spiro atoms. The quantitative estimate of drug-likeness (QED) is 0.801. The van der Waals surface area contributed by atoms with E-state index in [2.05, 4.69) is 25.6 Å². The van der Waals surface area contributed by atoms with E-state index in [1.807, 2.05) is 10.8 Å². The fourth-order valence-electron chi connectivity index (χ4n) is 1.66. The molecule has 1 aromatic heterocycles. The van der Waals surface area contributed by atoms with Crippen molar-refractivity contribution in [3.8, 4) is 0 Å². The van der Waals surface area contributed by atoms with Crippen molar-refractivity contribution in [2.24, 2.45) is 0 Å². The van der Waals surface area contributed by atoms with Gasteiger partial charge in [0.1, 0.15) is 5.82 Å². The first-order valence-electron chi connectivity index (χ1n) is 5.89. The zero-order valence-electron chi connectivity index (χ0n) is 10.5. The summed E-state index contributed by atoms with van der Waals surface area (Å²) in [5, 5.41) is 0. The van der Waals surface area contributed by atoms with Gasteiger partial charge in [0.2, 0.25) is 10.0 Å². The second kappa shape index (κ2) is 6.47. The van der Waals surface area contributed by atoms with E-state index in [1.54, 1.807) is 12.5 Å². The van der Waals surface area contributed by atoms with Gasteiger partial charge in [-0.15, -0.1) is 0 Å². The Bertz CT molecular complexity index is 674. The molecule has 2 aromatic rings.